The van der Waals surface area contributed by atoms with Gasteiger partial charge in [0.15, 0.2) is 0 Å². The Morgan fingerprint density at radius 1 is 0.917 bits per heavy atom. The molecular weight excluding hydrogens is 514 g/mol. The Morgan fingerprint density at radius 3 is 1.86 bits per heavy atom. The van der Waals surface area contributed by atoms with Gasteiger partial charge in [-0.3, -0.25) is 4.57 Å². The third-order valence-electron chi connectivity index (χ3n) is 4.85. The quantitative estimate of drug-likeness (QED) is 0.129. The van der Waals surface area contributed by atoms with Gasteiger partial charge in [-0.2, -0.15) is 5.26 Å². The van der Waals surface area contributed by atoms with E-state index in [9.17, 15) is 14.6 Å². The van der Waals surface area contributed by atoms with Crippen LogP contribution >= 0.6 is 30.5 Å². The van der Waals surface area contributed by atoms with Crippen molar-refractivity contribution in [2.24, 2.45) is 0 Å². The molecule has 0 aromatic heterocycles. The van der Waals surface area contributed by atoms with Crippen molar-refractivity contribution in [1.82, 2.24) is 0 Å². The van der Waals surface area contributed by atoms with E-state index in [1.807, 2.05) is 66.7 Å². The molecule has 3 aromatic carbocycles. The van der Waals surface area contributed by atoms with Crippen molar-refractivity contribution in [3.63, 3.8) is 0 Å². The molecule has 0 amide bonds. The first kappa shape index (κ1) is 27.0. The summed E-state index contributed by atoms with van der Waals surface area (Å²) in [5.74, 6) is 2.25. The minimum Gasteiger partial charge on any atom is -0.462 e. The summed E-state index contributed by atoms with van der Waals surface area (Å²) in [6, 6.07) is 27.0. The highest BCUT2D eigenvalue weighted by Crippen LogP contribution is 2.53. The molecule has 0 heterocycles. The summed E-state index contributed by atoms with van der Waals surface area (Å²) in [7, 11) is -3.44. The van der Waals surface area contributed by atoms with E-state index in [-0.39, 0.29) is 12.2 Å². The first-order chi connectivity index (χ1) is 17.3. The highest BCUT2D eigenvalue weighted by Gasteiger charge is 2.20. The van der Waals surface area contributed by atoms with Crippen molar-refractivity contribution in [3.05, 3.63) is 119 Å². The van der Waals surface area contributed by atoms with Gasteiger partial charge in [0.2, 0.25) is 7.29 Å². The standard InChI is InChI=1S/C28H23Cl2N2O3P/c1-2-35-28(33)24(18-31)17-21-13-15-25(16-14-21)32-36(34,19-26(29)22-9-5-3-6-10-22)20-27(30)23-11-7-4-8-12-23/h3-17,19-20H,2H2,1H3,(H,32,34)/b24-17-,26-19-,27-20-. The van der Waals surface area contributed by atoms with Crippen LogP contribution in [0.15, 0.2) is 102 Å². The number of carbonyl (C=O) groups excluding carboxylic acids is 1. The Labute approximate surface area is 220 Å². The number of ether oxygens (including phenoxy) is 1. The number of carbonyl (C=O) groups is 1. The van der Waals surface area contributed by atoms with Crippen LogP contribution in [-0.4, -0.2) is 12.6 Å². The molecular formula is C28H23Cl2N2O3P. The van der Waals surface area contributed by atoms with Gasteiger partial charge in [0.05, 0.1) is 16.7 Å². The van der Waals surface area contributed by atoms with E-state index in [2.05, 4.69) is 5.09 Å². The molecule has 0 aliphatic rings. The van der Waals surface area contributed by atoms with Gasteiger partial charge in [-0.1, -0.05) is 96.0 Å². The average Bonchev–Trinajstić information content (AvgIpc) is 2.89. The number of nitriles is 1. The van der Waals surface area contributed by atoms with Gasteiger partial charge >= 0.3 is 5.97 Å². The molecule has 182 valence electrons. The van der Waals surface area contributed by atoms with Crippen molar-refractivity contribution in [3.8, 4) is 6.07 Å². The Balaban J connectivity index is 1.95. The molecule has 0 saturated heterocycles. The Morgan fingerprint density at radius 2 is 1.42 bits per heavy atom. The number of rotatable bonds is 9. The van der Waals surface area contributed by atoms with E-state index in [4.69, 9.17) is 27.9 Å². The van der Waals surface area contributed by atoms with Gasteiger partial charge in [-0.05, 0) is 41.8 Å². The molecule has 0 aliphatic carbocycles. The predicted molar refractivity (Wildman–Crippen MR) is 148 cm³/mol. The molecule has 36 heavy (non-hydrogen) atoms. The maximum absolute atomic E-state index is 14.1. The topological polar surface area (TPSA) is 79.2 Å². The molecule has 0 unspecified atom stereocenters. The average molecular weight is 537 g/mol. The van der Waals surface area contributed by atoms with E-state index in [1.165, 1.54) is 17.7 Å². The minimum absolute atomic E-state index is 0.113. The number of hydrogen-bond donors (Lipinski definition) is 1. The number of esters is 1. The molecule has 5 nitrogen and oxygen atoms in total. The van der Waals surface area contributed by atoms with Crippen LogP contribution in [0.3, 0.4) is 0 Å². The molecule has 3 aromatic rings. The van der Waals surface area contributed by atoms with Crippen LogP contribution in [-0.2, 0) is 14.1 Å². The third kappa shape index (κ3) is 7.73. The SMILES string of the molecule is CCOC(=O)/C(C#N)=C\c1ccc(NP(=O)(/C=C(\Cl)c2ccccc2)/C=C(\Cl)c2ccccc2)cc1. The fraction of sp³-hybridized carbons (Fsp3) is 0.0714. The highest BCUT2D eigenvalue weighted by molar-refractivity contribution is 7.72. The zero-order valence-electron chi connectivity index (χ0n) is 19.4. The molecule has 0 atom stereocenters. The van der Waals surface area contributed by atoms with Crippen molar-refractivity contribution in [1.29, 1.82) is 5.26 Å². The van der Waals surface area contributed by atoms with Crippen LogP contribution in [0.4, 0.5) is 5.69 Å². The van der Waals surface area contributed by atoms with E-state index >= 15 is 0 Å². The maximum atomic E-state index is 14.1. The van der Waals surface area contributed by atoms with Crippen molar-refractivity contribution < 1.29 is 14.1 Å². The van der Waals surface area contributed by atoms with Crippen molar-refractivity contribution >= 4 is 58.3 Å². The van der Waals surface area contributed by atoms with E-state index in [0.717, 1.165) is 0 Å². The van der Waals surface area contributed by atoms with Crippen LogP contribution < -0.4 is 5.09 Å². The van der Waals surface area contributed by atoms with Gasteiger partial charge in [-0.15, -0.1) is 0 Å². The second kappa shape index (κ2) is 13.0. The van der Waals surface area contributed by atoms with Gasteiger partial charge in [0, 0.05) is 17.3 Å². The lowest BCUT2D eigenvalue weighted by Crippen LogP contribution is -2.05. The van der Waals surface area contributed by atoms with Crippen LogP contribution in [0.1, 0.15) is 23.6 Å². The fourth-order valence-corrected chi connectivity index (χ4v) is 6.00. The number of nitrogens with zero attached hydrogens (tertiary/aromatic N) is 1. The lowest BCUT2D eigenvalue weighted by atomic mass is 10.1. The molecule has 0 bridgehead atoms. The molecule has 0 spiro atoms. The first-order valence-corrected chi connectivity index (χ1v) is 13.6. The summed E-state index contributed by atoms with van der Waals surface area (Å²) < 4.78 is 19.0. The number of hydrogen-bond acceptors (Lipinski definition) is 4. The lowest BCUT2D eigenvalue weighted by Gasteiger charge is -2.16. The predicted octanol–water partition coefficient (Wildman–Crippen LogP) is 8.32. The summed E-state index contributed by atoms with van der Waals surface area (Å²) in [4.78, 5) is 11.9. The van der Waals surface area contributed by atoms with E-state index in [1.54, 1.807) is 31.2 Å². The zero-order valence-corrected chi connectivity index (χ0v) is 21.8. The summed E-state index contributed by atoms with van der Waals surface area (Å²) in [5.41, 5.74) is 2.46. The van der Waals surface area contributed by atoms with Crippen molar-refractivity contribution in [2.45, 2.75) is 6.92 Å². The first-order valence-electron chi connectivity index (χ1n) is 11.0. The fourth-order valence-electron chi connectivity index (χ4n) is 3.15. The lowest BCUT2D eigenvalue weighted by molar-refractivity contribution is -0.137. The minimum atomic E-state index is -3.44. The van der Waals surface area contributed by atoms with Gasteiger partial charge in [0.25, 0.3) is 0 Å². The number of halogens is 2. The molecule has 1 N–H and O–H groups in total. The second-order valence-corrected chi connectivity index (χ2v) is 10.5. The van der Waals surface area contributed by atoms with E-state index in [0.29, 0.717) is 32.4 Å². The molecule has 0 fully saturated rings. The molecule has 0 aliphatic heterocycles. The van der Waals surface area contributed by atoms with Crippen LogP contribution in [0.5, 0.6) is 0 Å². The van der Waals surface area contributed by atoms with Crippen LogP contribution in [0, 0.1) is 11.3 Å². The summed E-state index contributed by atoms with van der Waals surface area (Å²) >= 11 is 13.1. The Hall–Kier alpha value is -3.55. The smallest absolute Gasteiger partial charge is 0.348 e. The summed E-state index contributed by atoms with van der Waals surface area (Å²) in [6.07, 6.45) is 1.43. The number of anilines is 1. The third-order valence-corrected chi connectivity index (χ3v) is 7.70. The van der Waals surface area contributed by atoms with Gasteiger partial charge in [-0.25, -0.2) is 4.79 Å². The summed E-state index contributed by atoms with van der Waals surface area (Å²) in [6.45, 7) is 1.84. The summed E-state index contributed by atoms with van der Waals surface area (Å²) in [5, 5.41) is 12.9. The monoisotopic (exact) mass is 536 g/mol. The Bertz CT molecular complexity index is 1320. The van der Waals surface area contributed by atoms with E-state index < -0.39 is 13.3 Å². The normalized spacial score (nSPS) is 12.6. The molecule has 0 radical (unpaired) electrons. The largest absolute Gasteiger partial charge is 0.462 e. The van der Waals surface area contributed by atoms with Crippen molar-refractivity contribution in [2.75, 3.05) is 11.7 Å². The second-order valence-electron chi connectivity index (χ2n) is 7.52. The van der Waals surface area contributed by atoms with Crippen LogP contribution in [0.2, 0.25) is 0 Å². The Kier molecular flexibility index (Phi) is 9.73. The molecule has 3 rings (SSSR count). The number of benzene rings is 3. The number of nitrogens with one attached hydrogen (secondary N) is 1. The van der Waals surface area contributed by atoms with Gasteiger partial charge in [0.1, 0.15) is 11.6 Å². The maximum Gasteiger partial charge on any atom is 0.348 e. The molecule has 0 saturated carbocycles. The molecule has 8 heteroatoms. The van der Waals surface area contributed by atoms with Crippen LogP contribution in [0.25, 0.3) is 16.1 Å². The van der Waals surface area contributed by atoms with Gasteiger partial charge < -0.3 is 9.82 Å². The highest BCUT2D eigenvalue weighted by atomic mass is 35.5. The zero-order chi connectivity index (χ0) is 26.0.